The highest BCUT2D eigenvalue weighted by Gasteiger charge is 2.18. The maximum Gasteiger partial charge on any atom is 0.338 e. The van der Waals surface area contributed by atoms with Crippen LogP contribution in [0.1, 0.15) is 10.4 Å². The van der Waals surface area contributed by atoms with Crippen molar-refractivity contribution in [3.05, 3.63) is 52.3 Å². The number of nitro groups is 1. The maximum absolute atomic E-state index is 11.9. The van der Waals surface area contributed by atoms with E-state index >= 15 is 0 Å². The quantitative estimate of drug-likeness (QED) is 0.354. The van der Waals surface area contributed by atoms with Crippen LogP contribution >= 0.6 is 0 Å². The van der Waals surface area contributed by atoms with E-state index in [1.807, 2.05) is 0 Å². The average molecular weight is 318 g/mol. The topological polar surface area (TPSA) is 116 Å². The van der Waals surface area contributed by atoms with Gasteiger partial charge in [0, 0.05) is 24.5 Å². The molecule has 1 aromatic heterocycles. The number of benzene rings is 1. The van der Waals surface area contributed by atoms with Crippen molar-refractivity contribution < 1.29 is 19.2 Å². The molecule has 23 heavy (non-hydrogen) atoms. The zero-order valence-corrected chi connectivity index (χ0v) is 12.3. The van der Waals surface area contributed by atoms with Crippen LogP contribution < -0.4 is 10.1 Å². The highest BCUT2D eigenvalue weighted by Crippen LogP contribution is 2.27. The second kappa shape index (κ2) is 7.69. The predicted molar refractivity (Wildman–Crippen MR) is 80.5 cm³/mol. The molecule has 0 unspecified atom stereocenters. The molecule has 1 N–H and O–H groups in total. The van der Waals surface area contributed by atoms with Crippen molar-refractivity contribution in [1.29, 1.82) is 0 Å². The van der Waals surface area contributed by atoms with Crippen molar-refractivity contribution in [3.63, 3.8) is 0 Å². The fraction of sp³-hybridized carbons (Fsp3) is 0.214. The van der Waals surface area contributed by atoms with E-state index in [-0.39, 0.29) is 23.6 Å². The van der Waals surface area contributed by atoms with Crippen molar-refractivity contribution in [2.45, 2.75) is 0 Å². The smallest absolute Gasteiger partial charge is 0.338 e. The Hall–Kier alpha value is -3.23. The van der Waals surface area contributed by atoms with Gasteiger partial charge in [0.25, 0.3) is 0 Å². The summed E-state index contributed by atoms with van der Waals surface area (Å²) in [6.45, 7) is 0.427. The van der Waals surface area contributed by atoms with Crippen LogP contribution in [-0.2, 0) is 4.74 Å². The van der Waals surface area contributed by atoms with E-state index in [9.17, 15) is 14.9 Å². The first kappa shape index (κ1) is 16.1. The molecular weight excluding hydrogens is 304 g/mol. The first-order chi connectivity index (χ1) is 11.1. The molecule has 0 fully saturated rings. The monoisotopic (exact) mass is 318 g/mol. The van der Waals surface area contributed by atoms with Crippen molar-refractivity contribution in [2.75, 3.05) is 25.6 Å². The third-order valence-electron chi connectivity index (χ3n) is 2.80. The molecule has 120 valence electrons. The number of carbonyl (C=O) groups excluding carboxylic acids is 1. The Morgan fingerprint density at radius 3 is 2.74 bits per heavy atom. The lowest BCUT2D eigenvalue weighted by atomic mass is 10.2. The van der Waals surface area contributed by atoms with Crippen LogP contribution in [0, 0.1) is 10.1 Å². The van der Waals surface area contributed by atoms with Gasteiger partial charge in [-0.05, 0) is 12.1 Å². The molecule has 0 spiro atoms. The fourth-order valence-corrected chi connectivity index (χ4v) is 1.74. The summed E-state index contributed by atoms with van der Waals surface area (Å²) >= 11 is 0. The molecule has 0 bridgehead atoms. The van der Waals surface area contributed by atoms with Crippen LogP contribution in [0.15, 0.2) is 36.7 Å². The van der Waals surface area contributed by atoms with Crippen molar-refractivity contribution in [2.24, 2.45) is 0 Å². The minimum atomic E-state index is -0.603. The van der Waals surface area contributed by atoms with Crippen LogP contribution in [0.25, 0.3) is 0 Å². The zero-order valence-electron chi connectivity index (χ0n) is 12.3. The van der Waals surface area contributed by atoms with Gasteiger partial charge in [0.05, 0.1) is 24.1 Å². The number of nitrogens with one attached hydrogen (secondary N) is 1. The van der Waals surface area contributed by atoms with E-state index < -0.39 is 10.9 Å². The molecule has 0 radical (unpaired) electrons. The summed E-state index contributed by atoms with van der Waals surface area (Å²) in [5.41, 5.74) is -0.0460. The molecule has 0 atom stereocenters. The highest BCUT2D eigenvalue weighted by atomic mass is 16.6. The van der Waals surface area contributed by atoms with E-state index in [1.54, 1.807) is 18.5 Å². The predicted octanol–water partition coefficient (Wildman–Crippen LogP) is 1.66. The van der Waals surface area contributed by atoms with Crippen molar-refractivity contribution in [3.8, 4) is 5.75 Å². The lowest BCUT2D eigenvalue weighted by Crippen LogP contribution is -2.15. The molecule has 1 aromatic carbocycles. The first-order valence-corrected chi connectivity index (χ1v) is 6.62. The number of carbonyl (C=O) groups is 1. The molecular formula is C14H14N4O5. The summed E-state index contributed by atoms with van der Waals surface area (Å²) in [5.74, 6) is -0.171. The summed E-state index contributed by atoms with van der Waals surface area (Å²) in [7, 11) is 1.29. The van der Waals surface area contributed by atoms with E-state index in [4.69, 9.17) is 9.47 Å². The minimum absolute atomic E-state index is 0.000241. The number of anilines is 1. The number of hydrogen-bond acceptors (Lipinski definition) is 8. The van der Waals surface area contributed by atoms with Gasteiger partial charge in [-0.3, -0.25) is 10.1 Å². The standard InChI is InChI=1S/C14H14N4O5/c1-22-12-9-10(3-4-11(12)18(20)21)13(19)23-8-7-17-14-15-5-2-6-16-14/h2-6,9H,7-8H2,1H3,(H,15,16,17). The van der Waals surface area contributed by atoms with Gasteiger partial charge in [-0.15, -0.1) is 0 Å². The highest BCUT2D eigenvalue weighted by molar-refractivity contribution is 5.90. The summed E-state index contributed by atoms with van der Waals surface area (Å²) in [4.78, 5) is 30.0. The third-order valence-corrected chi connectivity index (χ3v) is 2.80. The molecule has 0 aliphatic rings. The number of nitro benzene ring substituents is 1. The van der Waals surface area contributed by atoms with Gasteiger partial charge in [0.1, 0.15) is 6.61 Å². The maximum atomic E-state index is 11.9. The molecule has 0 saturated carbocycles. The molecule has 0 aliphatic carbocycles. The van der Waals surface area contributed by atoms with Gasteiger partial charge >= 0.3 is 11.7 Å². The number of aromatic nitrogens is 2. The van der Waals surface area contributed by atoms with Gasteiger partial charge in [-0.2, -0.15) is 0 Å². The molecule has 2 aromatic rings. The molecule has 0 amide bonds. The summed E-state index contributed by atoms with van der Waals surface area (Å²) < 4.78 is 9.97. The second-order valence-electron chi connectivity index (χ2n) is 4.28. The number of rotatable bonds is 7. The van der Waals surface area contributed by atoms with Gasteiger partial charge in [0.15, 0.2) is 5.75 Å². The van der Waals surface area contributed by atoms with E-state index in [0.717, 1.165) is 0 Å². The van der Waals surface area contributed by atoms with Crippen LogP contribution in [0.5, 0.6) is 5.75 Å². The third kappa shape index (κ3) is 4.37. The Labute approximate surface area is 131 Å². The van der Waals surface area contributed by atoms with E-state index in [2.05, 4.69) is 15.3 Å². The Bertz CT molecular complexity index is 693. The Morgan fingerprint density at radius 2 is 2.09 bits per heavy atom. The van der Waals surface area contributed by atoms with Gasteiger partial charge in [-0.1, -0.05) is 0 Å². The number of methoxy groups -OCH3 is 1. The molecule has 9 heteroatoms. The minimum Gasteiger partial charge on any atom is -0.490 e. The summed E-state index contributed by atoms with van der Waals surface area (Å²) in [6.07, 6.45) is 3.18. The van der Waals surface area contributed by atoms with Crippen LogP contribution in [0.4, 0.5) is 11.6 Å². The fourth-order valence-electron chi connectivity index (χ4n) is 1.74. The number of ether oxygens (including phenoxy) is 2. The zero-order chi connectivity index (χ0) is 16.7. The van der Waals surface area contributed by atoms with E-state index in [1.165, 1.54) is 25.3 Å². The molecule has 9 nitrogen and oxygen atoms in total. The number of esters is 1. The average Bonchev–Trinajstić information content (AvgIpc) is 2.58. The Kier molecular flexibility index (Phi) is 5.40. The Balaban J connectivity index is 1.89. The van der Waals surface area contributed by atoms with E-state index in [0.29, 0.717) is 12.5 Å². The lowest BCUT2D eigenvalue weighted by molar-refractivity contribution is -0.385. The second-order valence-corrected chi connectivity index (χ2v) is 4.28. The van der Waals surface area contributed by atoms with Crippen molar-refractivity contribution >= 4 is 17.6 Å². The molecule has 1 heterocycles. The van der Waals surface area contributed by atoms with Crippen LogP contribution in [0.3, 0.4) is 0 Å². The van der Waals surface area contributed by atoms with Crippen LogP contribution in [0.2, 0.25) is 0 Å². The Morgan fingerprint density at radius 1 is 1.35 bits per heavy atom. The van der Waals surface area contributed by atoms with Gasteiger partial charge in [-0.25, -0.2) is 14.8 Å². The molecule has 0 aliphatic heterocycles. The van der Waals surface area contributed by atoms with Crippen molar-refractivity contribution in [1.82, 2.24) is 9.97 Å². The lowest BCUT2D eigenvalue weighted by Gasteiger charge is -2.07. The van der Waals surface area contributed by atoms with Gasteiger partial charge in [0.2, 0.25) is 5.95 Å². The SMILES string of the molecule is COc1cc(C(=O)OCCNc2ncccn2)ccc1[N+](=O)[O-]. The largest absolute Gasteiger partial charge is 0.490 e. The summed E-state index contributed by atoms with van der Waals surface area (Å²) in [5, 5.41) is 13.7. The number of hydrogen-bond donors (Lipinski definition) is 1. The summed E-state index contributed by atoms with van der Waals surface area (Å²) in [6, 6.07) is 5.48. The van der Waals surface area contributed by atoms with Crippen LogP contribution in [-0.4, -0.2) is 41.1 Å². The normalized spacial score (nSPS) is 9.96. The number of nitrogens with zero attached hydrogens (tertiary/aromatic N) is 3. The molecule has 2 rings (SSSR count). The first-order valence-electron chi connectivity index (χ1n) is 6.62. The molecule has 0 saturated heterocycles. The van der Waals surface area contributed by atoms with Gasteiger partial charge < -0.3 is 14.8 Å².